The number of unbranched alkanes of at least 4 members (excludes halogenated alkanes) is 1. The second-order valence-electron chi connectivity index (χ2n) is 4.85. The number of hydrogen-bond donors (Lipinski definition) is 2. The summed E-state index contributed by atoms with van der Waals surface area (Å²) in [7, 11) is 1.46. The van der Waals surface area contributed by atoms with Gasteiger partial charge < -0.3 is 14.9 Å². The molecular weight excluding hydrogens is 252 g/mol. The van der Waals surface area contributed by atoms with Gasteiger partial charge in [0, 0.05) is 0 Å². The zero-order valence-electron chi connectivity index (χ0n) is 11.9. The van der Waals surface area contributed by atoms with Crippen LogP contribution in [0, 0.1) is 0 Å². The molecular formula is C17H20O3. The van der Waals surface area contributed by atoms with Crippen molar-refractivity contribution in [3.8, 4) is 28.4 Å². The van der Waals surface area contributed by atoms with Gasteiger partial charge in [-0.1, -0.05) is 37.6 Å². The van der Waals surface area contributed by atoms with E-state index in [4.69, 9.17) is 4.74 Å². The largest absolute Gasteiger partial charge is 0.504 e. The van der Waals surface area contributed by atoms with E-state index in [0.717, 1.165) is 17.5 Å². The van der Waals surface area contributed by atoms with Gasteiger partial charge in [-0.3, -0.25) is 0 Å². The van der Waals surface area contributed by atoms with Crippen LogP contribution in [0.25, 0.3) is 11.1 Å². The van der Waals surface area contributed by atoms with Crippen LogP contribution in [-0.4, -0.2) is 17.3 Å². The maximum Gasteiger partial charge on any atom is 0.200 e. The number of hydrogen-bond acceptors (Lipinski definition) is 3. The molecule has 2 rings (SSSR count). The molecule has 0 amide bonds. The van der Waals surface area contributed by atoms with Crippen molar-refractivity contribution in [2.24, 2.45) is 0 Å². The first-order valence-corrected chi connectivity index (χ1v) is 6.85. The standard InChI is InChI=1S/C17H20O3/c1-3-4-5-12-6-8-13(9-7-12)14-10-15(18)17(19)16(11-14)20-2/h6-11,18-19H,3-5H2,1-2H3. The molecule has 0 aliphatic carbocycles. The first-order valence-electron chi connectivity index (χ1n) is 6.85. The summed E-state index contributed by atoms with van der Waals surface area (Å²) in [4.78, 5) is 0. The molecule has 0 aliphatic heterocycles. The summed E-state index contributed by atoms with van der Waals surface area (Å²) < 4.78 is 5.05. The zero-order valence-corrected chi connectivity index (χ0v) is 11.9. The molecule has 0 saturated carbocycles. The highest BCUT2D eigenvalue weighted by Gasteiger charge is 2.10. The van der Waals surface area contributed by atoms with E-state index in [1.807, 2.05) is 12.1 Å². The number of phenolic OH excluding ortho intramolecular Hbond substituents is 2. The molecule has 0 atom stereocenters. The molecule has 3 nitrogen and oxygen atoms in total. The molecule has 2 aromatic carbocycles. The summed E-state index contributed by atoms with van der Waals surface area (Å²) in [5, 5.41) is 19.3. The highest BCUT2D eigenvalue weighted by molar-refractivity contribution is 5.70. The van der Waals surface area contributed by atoms with E-state index >= 15 is 0 Å². The minimum absolute atomic E-state index is 0.172. The van der Waals surface area contributed by atoms with Crippen molar-refractivity contribution in [2.75, 3.05) is 7.11 Å². The molecule has 0 heterocycles. The molecule has 0 spiro atoms. The van der Waals surface area contributed by atoms with E-state index in [9.17, 15) is 10.2 Å². The normalized spacial score (nSPS) is 10.5. The van der Waals surface area contributed by atoms with Gasteiger partial charge in [0.15, 0.2) is 11.5 Å². The Morgan fingerprint density at radius 2 is 1.70 bits per heavy atom. The number of phenols is 2. The van der Waals surface area contributed by atoms with Crippen molar-refractivity contribution in [1.29, 1.82) is 0 Å². The van der Waals surface area contributed by atoms with Gasteiger partial charge in [0.2, 0.25) is 5.75 Å². The summed E-state index contributed by atoms with van der Waals surface area (Å²) in [6.45, 7) is 2.18. The maximum atomic E-state index is 9.71. The molecule has 2 aromatic rings. The Balaban J connectivity index is 2.29. The SMILES string of the molecule is CCCCc1ccc(-c2cc(O)c(O)c(OC)c2)cc1. The van der Waals surface area contributed by atoms with Gasteiger partial charge in [0.25, 0.3) is 0 Å². The van der Waals surface area contributed by atoms with E-state index < -0.39 is 0 Å². The van der Waals surface area contributed by atoms with Gasteiger partial charge >= 0.3 is 0 Å². The van der Waals surface area contributed by atoms with Crippen molar-refractivity contribution < 1.29 is 14.9 Å². The smallest absolute Gasteiger partial charge is 0.200 e. The van der Waals surface area contributed by atoms with E-state index in [-0.39, 0.29) is 17.2 Å². The van der Waals surface area contributed by atoms with Crippen LogP contribution in [0.3, 0.4) is 0 Å². The van der Waals surface area contributed by atoms with Crippen LogP contribution in [-0.2, 0) is 6.42 Å². The monoisotopic (exact) mass is 272 g/mol. The van der Waals surface area contributed by atoms with Gasteiger partial charge in [-0.05, 0) is 41.7 Å². The predicted molar refractivity (Wildman–Crippen MR) is 80.4 cm³/mol. The zero-order chi connectivity index (χ0) is 14.5. The predicted octanol–water partition coefficient (Wildman–Crippen LogP) is 4.12. The molecule has 3 heteroatoms. The van der Waals surface area contributed by atoms with Crippen molar-refractivity contribution in [3.63, 3.8) is 0 Å². The maximum absolute atomic E-state index is 9.71. The van der Waals surface area contributed by atoms with Crippen LogP contribution >= 0.6 is 0 Å². The van der Waals surface area contributed by atoms with Crippen LogP contribution in [0.5, 0.6) is 17.2 Å². The number of benzene rings is 2. The van der Waals surface area contributed by atoms with E-state index in [1.54, 1.807) is 12.1 Å². The molecule has 106 valence electrons. The number of rotatable bonds is 5. The van der Waals surface area contributed by atoms with Crippen molar-refractivity contribution >= 4 is 0 Å². The Bertz CT molecular complexity index is 574. The lowest BCUT2D eigenvalue weighted by Gasteiger charge is -2.09. The third kappa shape index (κ3) is 3.05. The molecule has 20 heavy (non-hydrogen) atoms. The highest BCUT2D eigenvalue weighted by atomic mass is 16.5. The van der Waals surface area contributed by atoms with Gasteiger partial charge in [0.05, 0.1) is 7.11 Å². The summed E-state index contributed by atoms with van der Waals surface area (Å²) >= 11 is 0. The average Bonchev–Trinajstić information content (AvgIpc) is 2.48. The minimum atomic E-state index is -0.226. The Kier molecular flexibility index (Phi) is 4.51. The number of methoxy groups -OCH3 is 1. The summed E-state index contributed by atoms with van der Waals surface area (Å²) in [6, 6.07) is 11.5. The van der Waals surface area contributed by atoms with Crippen molar-refractivity contribution in [1.82, 2.24) is 0 Å². The van der Waals surface area contributed by atoms with Crippen molar-refractivity contribution in [3.05, 3.63) is 42.0 Å². The summed E-state index contributed by atoms with van der Waals surface area (Å²) in [6.07, 6.45) is 3.46. The third-order valence-electron chi connectivity index (χ3n) is 3.38. The molecule has 0 radical (unpaired) electrons. The Morgan fingerprint density at radius 3 is 2.30 bits per heavy atom. The first kappa shape index (κ1) is 14.3. The summed E-state index contributed by atoms with van der Waals surface area (Å²) in [5.74, 6) is -0.125. The number of aromatic hydroxyl groups is 2. The van der Waals surface area contributed by atoms with E-state index in [1.165, 1.54) is 25.5 Å². The van der Waals surface area contributed by atoms with Crippen LogP contribution in [0.2, 0.25) is 0 Å². The average molecular weight is 272 g/mol. The van der Waals surface area contributed by atoms with Gasteiger partial charge in [-0.15, -0.1) is 0 Å². The van der Waals surface area contributed by atoms with Gasteiger partial charge in [-0.25, -0.2) is 0 Å². The van der Waals surface area contributed by atoms with Crippen LogP contribution < -0.4 is 4.74 Å². The Morgan fingerprint density at radius 1 is 1.00 bits per heavy atom. The number of aryl methyl sites for hydroxylation is 1. The second kappa shape index (κ2) is 6.33. The van der Waals surface area contributed by atoms with Crippen LogP contribution in [0.4, 0.5) is 0 Å². The molecule has 2 N–H and O–H groups in total. The lowest BCUT2D eigenvalue weighted by atomic mass is 10.0. The molecule has 0 unspecified atom stereocenters. The Labute approximate surface area is 119 Å². The lowest BCUT2D eigenvalue weighted by molar-refractivity contribution is 0.351. The first-order chi connectivity index (χ1) is 9.65. The summed E-state index contributed by atoms with van der Waals surface area (Å²) in [5.41, 5.74) is 3.11. The fourth-order valence-corrected chi connectivity index (χ4v) is 2.16. The molecule has 0 fully saturated rings. The van der Waals surface area contributed by atoms with Gasteiger partial charge in [0.1, 0.15) is 0 Å². The number of ether oxygens (including phenoxy) is 1. The van der Waals surface area contributed by atoms with E-state index in [2.05, 4.69) is 19.1 Å². The quantitative estimate of drug-likeness (QED) is 0.805. The lowest BCUT2D eigenvalue weighted by Crippen LogP contribution is -1.88. The fourth-order valence-electron chi connectivity index (χ4n) is 2.16. The fraction of sp³-hybridized carbons (Fsp3) is 0.294. The van der Waals surface area contributed by atoms with E-state index in [0.29, 0.717) is 0 Å². The molecule has 0 saturated heterocycles. The van der Waals surface area contributed by atoms with Crippen LogP contribution in [0.15, 0.2) is 36.4 Å². The van der Waals surface area contributed by atoms with Crippen LogP contribution in [0.1, 0.15) is 25.3 Å². The third-order valence-corrected chi connectivity index (χ3v) is 3.38. The Hall–Kier alpha value is -2.16. The molecule has 0 aliphatic rings. The highest BCUT2D eigenvalue weighted by Crippen LogP contribution is 2.39. The minimum Gasteiger partial charge on any atom is -0.504 e. The van der Waals surface area contributed by atoms with Gasteiger partial charge in [-0.2, -0.15) is 0 Å². The second-order valence-corrected chi connectivity index (χ2v) is 4.85. The molecule has 0 bridgehead atoms. The van der Waals surface area contributed by atoms with Crippen molar-refractivity contribution in [2.45, 2.75) is 26.2 Å². The molecule has 0 aromatic heterocycles. The topological polar surface area (TPSA) is 49.7 Å².